The Morgan fingerprint density at radius 1 is 1.29 bits per heavy atom. The summed E-state index contributed by atoms with van der Waals surface area (Å²) in [6.45, 7) is 0.881. The maximum absolute atomic E-state index is 11.8. The molecule has 5 nitrogen and oxygen atoms in total. The summed E-state index contributed by atoms with van der Waals surface area (Å²) < 4.78 is 1.80. The Bertz CT molecular complexity index is 700. The fraction of sp³-hybridized carbons (Fsp3) is 0.467. The van der Waals surface area contributed by atoms with Crippen molar-refractivity contribution in [1.82, 2.24) is 20.1 Å². The number of benzene rings is 1. The van der Waals surface area contributed by atoms with Crippen molar-refractivity contribution >= 4 is 11.8 Å². The molecule has 0 atom stereocenters. The molecule has 6 heteroatoms. The van der Waals surface area contributed by atoms with Crippen molar-refractivity contribution in [3.05, 3.63) is 40.3 Å². The van der Waals surface area contributed by atoms with Gasteiger partial charge in [-0.05, 0) is 49.1 Å². The number of hydrogen-bond acceptors (Lipinski definition) is 4. The van der Waals surface area contributed by atoms with Gasteiger partial charge in [0, 0.05) is 23.5 Å². The molecule has 4 rings (SSSR count). The first-order valence-electron chi connectivity index (χ1n) is 7.47. The topological polar surface area (TPSA) is 62.7 Å². The molecule has 0 radical (unpaired) electrons. The molecule has 0 spiro atoms. The van der Waals surface area contributed by atoms with E-state index >= 15 is 0 Å². The lowest BCUT2D eigenvalue weighted by Crippen LogP contribution is -2.17. The molecule has 1 heterocycles. The quantitative estimate of drug-likeness (QED) is 0.859. The number of nitrogens with zero attached hydrogens (tertiary/aromatic N) is 2. The van der Waals surface area contributed by atoms with Crippen LogP contribution in [0.3, 0.4) is 0 Å². The van der Waals surface area contributed by atoms with E-state index < -0.39 is 0 Å². The number of aromatic amines is 1. The molecule has 0 amide bonds. The number of rotatable bonds is 6. The third-order valence-electron chi connectivity index (χ3n) is 3.92. The Kier molecular flexibility index (Phi) is 3.35. The summed E-state index contributed by atoms with van der Waals surface area (Å²) in [5.74, 6) is 0. The molecule has 0 unspecified atom stereocenters. The SMILES string of the molecule is O=c1[nH]nc(Sc2ccccc2CNC2CC2)n1C1CC1. The van der Waals surface area contributed by atoms with Gasteiger partial charge in [-0.15, -0.1) is 5.10 Å². The highest BCUT2D eigenvalue weighted by Crippen LogP contribution is 2.38. The molecule has 2 saturated carbocycles. The van der Waals surface area contributed by atoms with Crippen molar-refractivity contribution in [2.45, 2.75) is 54.4 Å². The van der Waals surface area contributed by atoms with Crippen LogP contribution in [0.5, 0.6) is 0 Å². The largest absolute Gasteiger partial charge is 0.344 e. The van der Waals surface area contributed by atoms with Gasteiger partial charge in [-0.1, -0.05) is 18.2 Å². The van der Waals surface area contributed by atoms with Crippen LogP contribution >= 0.6 is 11.8 Å². The van der Waals surface area contributed by atoms with E-state index in [-0.39, 0.29) is 5.69 Å². The molecular weight excluding hydrogens is 284 g/mol. The van der Waals surface area contributed by atoms with E-state index in [4.69, 9.17) is 0 Å². The van der Waals surface area contributed by atoms with Gasteiger partial charge in [-0.25, -0.2) is 9.89 Å². The van der Waals surface area contributed by atoms with Crippen molar-refractivity contribution in [3.63, 3.8) is 0 Å². The maximum Gasteiger partial charge on any atom is 0.344 e. The van der Waals surface area contributed by atoms with Gasteiger partial charge in [0.1, 0.15) is 0 Å². The van der Waals surface area contributed by atoms with Crippen LogP contribution in [0.15, 0.2) is 39.1 Å². The minimum Gasteiger partial charge on any atom is -0.310 e. The Balaban J connectivity index is 1.57. The van der Waals surface area contributed by atoms with Gasteiger partial charge in [0.05, 0.1) is 0 Å². The van der Waals surface area contributed by atoms with Gasteiger partial charge in [0.15, 0.2) is 5.16 Å². The predicted molar refractivity (Wildman–Crippen MR) is 81.5 cm³/mol. The summed E-state index contributed by atoms with van der Waals surface area (Å²) in [4.78, 5) is 13.0. The van der Waals surface area contributed by atoms with E-state index in [0.29, 0.717) is 12.1 Å². The van der Waals surface area contributed by atoms with Gasteiger partial charge in [0.2, 0.25) is 0 Å². The lowest BCUT2D eigenvalue weighted by molar-refractivity contribution is 0.641. The fourth-order valence-corrected chi connectivity index (χ4v) is 3.44. The van der Waals surface area contributed by atoms with Crippen molar-refractivity contribution in [3.8, 4) is 0 Å². The number of nitrogens with one attached hydrogen (secondary N) is 2. The molecule has 1 aromatic carbocycles. The second-order valence-corrected chi connectivity index (χ2v) is 6.79. The zero-order valence-electron chi connectivity index (χ0n) is 11.7. The van der Waals surface area contributed by atoms with Crippen LogP contribution in [0.4, 0.5) is 0 Å². The first-order chi connectivity index (χ1) is 10.3. The Hall–Kier alpha value is -1.53. The standard InChI is InChI=1S/C15H18N4OS/c20-14-17-18-15(19(14)12-7-8-12)21-13-4-2-1-3-10(13)9-16-11-5-6-11/h1-4,11-12,16H,5-9H2,(H,17,20). The molecule has 2 aliphatic carbocycles. The molecule has 0 bridgehead atoms. The van der Waals surface area contributed by atoms with Crippen LogP contribution in [0.2, 0.25) is 0 Å². The zero-order valence-corrected chi connectivity index (χ0v) is 12.5. The highest BCUT2D eigenvalue weighted by molar-refractivity contribution is 7.99. The van der Waals surface area contributed by atoms with Crippen LogP contribution < -0.4 is 11.0 Å². The van der Waals surface area contributed by atoms with E-state index in [1.807, 2.05) is 6.07 Å². The van der Waals surface area contributed by atoms with Crippen molar-refractivity contribution in [2.75, 3.05) is 0 Å². The van der Waals surface area contributed by atoms with Crippen molar-refractivity contribution < 1.29 is 0 Å². The predicted octanol–water partition coefficient (Wildman–Crippen LogP) is 2.31. The van der Waals surface area contributed by atoms with Crippen LogP contribution in [0.25, 0.3) is 0 Å². The third-order valence-corrected chi connectivity index (χ3v) is 5.01. The number of hydrogen-bond donors (Lipinski definition) is 2. The van der Waals surface area contributed by atoms with E-state index in [1.54, 1.807) is 16.3 Å². The summed E-state index contributed by atoms with van der Waals surface area (Å²) in [6.07, 6.45) is 4.74. The molecule has 1 aromatic heterocycles. The van der Waals surface area contributed by atoms with E-state index in [0.717, 1.165) is 24.5 Å². The first kappa shape index (κ1) is 13.2. The molecule has 110 valence electrons. The molecule has 0 aliphatic heterocycles. The molecule has 2 fully saturated rings. The smallest absolute Gasteiger partial charge is 0.310 e. The van der Waals surface area contributed by atoms with Gasteiger partial charge < -0.3 is 5.32 Å². The highest BCUT2D eigenvalue weighted by Gasteiger charge is 2.29. The minimum absolute atomic E-state index is 0.0893. The fourth-order valence-electron chi connectivity index (χ4n) is 2.41. The van der Waals surface area contributed by atoms with E-state index in [2.05, 4.69) is 33.7 Å². The second-order valence-electron chi connectivity index (χ2n) is 5.78. The lowest BCUT2D eigenvalue weighted by Gasteiger charge is -2.10. The van der Waals surface area contributed by atoms with Crippen molar-refractivity contribution in [2.24, 2.45) is 0 Å². The second kappa shape index (κ2) is 5.35. The Morgan fingerprint density at radius 2 is 2.10 bits per heavy atom. The van der Waals surface area contributed by atoms with Gasteiger partial charge in [-0.3, -0.25) is 4.57 Å². The number of H-pyrrole nitrogens is 1. The molecule has 0 saturated heterocycles. The molecule has 2 N–H and O–H groups in total. The van der Waals surface area contributed by atoms with Gasteiger partial charge >= 0.3 is 5.69 Å². The summed E-state index contributed by atoms with van der Waals surface area (Å²) >= 11 is 1.58. The number of aromatic nitrogens is 3. The molecule has 2 aliphatic rings. The first-order valence-corrected chi connectivity index (χ1v) is 8.29. The van der Waals surface area contributed by atoms with Crippen LogP contribution in [-0.4, -0.2) is 20.8 Å². The van der Waals surface area contributed by atoms with Crippen molar-refractivity contribution in [1.29, 1.82) is 0 Å². The monoisotopic (exact) mass is 302 g/mol. The molecule has 21 heavy (non-hydrogen) atoms. The summed E-state index contributed by atoms with van der Waals surface area (Å²) in [6, 6.07) is 9.38. The Labute approximate surface area is 127 Å². The van der Waals surface area contributed by atoms with Crippen LogP contribution in [0.1, 0.15) is 37.3 Å². The summed E-state index contributed by atoms with van der Waals surface area (Å²) in [7, 11) is 0. The average molecular weight is 302 g/mol. The average Bonchev–Trinajstić information content (AvgIpc) is 3.40. The van der Waals surface area contributed by atoms with E-state index in [1.165, 1.54) is 23.3 Å². The summed E-state index contributed by atoms with van der Waals surface area (Å²) in [5.41, 5.74) is 1.18. The Morgan fingerprint density at radius 3 is 2.86 bits per heavy atom. The lowest BCUT2D eigenvalue weighted by atomic mass is 10.2. The highest BCUT2D eigenvalue weighted by atomic mass is 32.2. The van der Waals surface area contributed by atoms with Crippen LogP contribution in [0, 0.1) is 0 Å². The molecular formula is C15H18N4OS. The zero-order chi connectivity index (χ0) is 14.2. The molecule has 2 aromatic rings. The van der Waals surface area contributed by atoms with E-state index in [9.17, 15) is 4.79 Å². The van der Waals surface area contributed by atoms with Gasteiger partial charge in [-0.2, -0.15) is 0 Å². The third kappa shape index (κ3) is 2.91. The normalized spacial score (nSPS) is 18.1. The maximum atomic E-state index is 11.8. The summed E-state index contributed by atoms with van der Waals surface area (Å²) in [5, 5.41) is 11.1. The minimum atomic E-state index is -0.0893. The van der Waals surface area contributed by atoms with Crippen LogP contribution in [-0.2, 0) is 6.54 Å². The van der Waals surface area contributed by atoms with Gasteiger partial charge in [0.25, 0.3) is 0 Å².